The Morgan fingerprint density at radius 3 is 2.37 bits per heavy atom. The molecule has 1 fully saturated rings. The van der Waals surface area contributed by atoms with Crippen molar-refractivity contribution in [3.8, 4) is 17.2 Å². The lowest BCUT2D eigenvalue weighted by Crippen LogP contribution is -2.37. The van der Waals surface area contributed by atoms with Gasteiger partial charge in [-0.25, -0.2) is 18.0 Å². The third kappa shape index (κ3) is 6.53. The summed E-state index contributed by atoms with van der Waals surface area (Å²) < 4.78 is 49.1. The molecule has 204 valence electrons. The SMILES string of the molecule is COc1ccc(C(=O)OCC(=O)NC(=O)Nc2ccc3c(c2)OCCO3)cc1S(=O)(=O)N1CCCCCC1. The average Bonchev–Trinajstić information content (AvgIpc) is 3.21. The van der Waals surface area contributed by atoms with Gasteiger partial charge in [0.25, 0.3) is 5.91 Å². The van der Waals surface area contributed by atoms with Crippen molar-refractivity contribution in [1.29, 1.82) is 0 Å². The van der Waals surface area contributed by atoms with Gasteiger partial charge in [-0.15, -0.1) is 0 Å². The number of sulfonamides is 1. The number of nitrogens with zero attached hydrogens (tertiary/aromatic N) is 1. The van der Waals surface area contributed by atoms with Crippen LogP contribution in [0.3, 0.4) is 0 Å². The molecule has 2 aliphatic heterocycles. The van der Waals surface area contributed by atoms with E-state index in [4.69, 9.17) is 18.9 Å². The molecule has 38 heavy (non-hydrogen) atoms. The summed E-state index contributed by atoms with van der Waals surface area (Å²) in [6.07, 6.45) is 3.40. The van der Waals surface area contributed by atoms with Crippen molar-refractivity contribution >= 4 is 33.6 Å². The highest BCUT2D eigenvalue weighted by molar-refractivity contribution is 7.89. The van der Waals surface area contributed by atoms with Crippen LogP contribution in [0.15, 0.2) is 41.3 Å². The van der Waals surface area contributed by atoms with Crippen molar-refractivity contribution in [1.82, 2.24) is 9.62 Å². The predicted molar refractivity (Wildman–Crippen MR) is 135 cm³/mol. The Morgan fingerprint density at radius 1 is 0.947 bits per heavy atom. The number of carbonyl (C=O) groups excluding carboxylic acids is 3. The van der Waals surface area contributed by atoms with Crippen LogP contribution in [0.5, 0.6) is 17.2 Å². The third-order valence-corrected chi connectivity index (χ3v) is 7.89. The minimum Gasteiger partial charge on any atom is -0.495 e. The number of urea groups is 1. The molecule has 2 N–H and O–H groups in total. The van der Waals surface area contributed by atoms with Gasteiger partial charge in [0, 0.05) is 24.8 Å². The van der Waals surface area contributed by atoms with Crippen LogP contribution in [0.25, 0.3) is 0 Å². The largest absolute Gasteiger partial charge is 0.495 e. The lowest BCUT2D eigenvalue weighted by molar-refractivity contribution is -0.123. The molecule has 12 nitrogen and oxygen atoms in total. The molecule has 0 saturated carbocycles. The molecular formula is C25H29N3O9S. The number of hydrogen-bond acceptors (Lipinski definition) is 9. The second-order valence-corrected chi connectivity index (χ2v) is 10.5. The lowest BCUT2D eigenvalue weighted by Gasteiger charge is -2.21. The van der Waals surface area contributed by atoms with E-state index in [0.717, 1.165) is 25.7 Å². The molecule has 0 radical (unpaired) electrons. The molecule has 2 aromatic rings. The fourth-order valence-electron chi connectivity index (χ4n) is 4.09. The van der Waals surface area contributed by atoms with Crippen LogP contribution in [-0.4, -0.2) is 70.7 Å². The van der Waals surface area contributed by atoms with Gasteiger partial charge in [-0.2, -0.15) is 4.31 Å². The Morgan fingerprint density at radius 2 is 1.66 bits per heavy atom. The molecule has 0 spiro atoms. The van der Waals surface area contributed by atoms with Crippen molar-refractivity contribution in [2.75, 3.05) is 45.3 Å². The minimum absolute atomic E-state index is 0.0762. The van der Waals surface area contributed by atoms with Gasteiger partial charge in [-0.1, -0.05) is 12.8 Å². The van der Waals surface area contributed by atoms with Crippen LogP contribution in [0.2, 0.25) is 0 Å². The van der Waals surface area contributed by atoms with E-state index in [-0.39, 0.29) is 16.2 Å². The van der Waals surface area contributed by atoms with Gasteiger partial charge in [0.05, 0.1) is 12.7 Å². The smallest absolute Gasteiger partial charge is 0.338 e. The number of fused-ring (bicyclic) bond motifs is 1. The zero-order chi connectivity index (χ0) is 27.1. The molecule has 0 aromatic heterocycles. The van der Waals surface area contributed by atoms with Gasteiger partial charge in [0.2, 0.25) is 10.0 Å². The summed E-state index contributed by atoms with van der Waals surface area (Å²) in [5, 5.41) is 4.54. The Labute approximate surface area is 220 Å². The summed E-state index contributed by atoms with van der Waals surface area (Å²) in [4.78, 5) is 36.8. The van der Waals surface area contributed by atoms with Gasteiger partial charge in [0.15, 0.2) is 18.1 Å². The fraction of sp³-hybridized carbons (Fsp3) is 0.400. The quantitative estimate of drug-likeness (QED) is 0.499. The molecule has 1 saturated heterocycles. The summed E-state index contributed by atoms with van der Waals surface area (Å²) in [7, 11) is -2.57. The van der Waals surface area contributed by atoms with E-state index in [1.165, 1.54) is 29.6 Å². The van der Waals surface area contributed by atoms with Gasteiger partial charge < -0.3 is 24.3 Å². The molecule has 13 heteroatoms. The number of imide groups is 1. The molecule has 2 aromatic carbocycles. The lowest BCUT2D eigenvalue weighted by atomic mass is 10.2. The maximum atomic E-state index is 13.3. The molecular weight excluding hydrogens is 518 g/mol. The second kappa shape index (κ2) is 12.1. The van der Waals surface area contributed by atoms with Gasteiger partial charge in [-0.3, -0.25) is 10.1 Å². The van der Waals surface area contributed by atoms with E-state index in [1.54, 1.807) is 18.2 Å². The highest BCUT2D eigenvalue weighted by Crippen LogP contribution is 2.32. The van der Waals surface area contributed by atoms with Crippen molar-refractivity contribution in [3.05, 3.63) is 42.0 Å². The summed E-state index contributed by atoms with van der Waals surface area (Å²) >= 11 is 0. The first-order valence-electron chi connectivity index (χ1n) is 12.1. The third-order valence-electron chi connectivity index (χ3n) is 5.97. The topological polar surface area (TPSA) is 150 Å². The second-order valence-electron chi connectivity index (χ2n) is 8.62. The van der Waals surface area contributed by atoms with Gasteiger partial charge >= 0.3 is 12.0 Å². The number of methoxy groups -OCH3 is 1. The normalized spacial score (nSPS) is 15.6. The van der Waals surface area contributed by atoms with Gasteiger partial charge in [-0.05, 0) is 43.2 Å². The molecule has 0 unspecified atom stereocenters. The van der Waals surface area contributed by atoms with Crippen molar-refractivity contribution in [3.63, 3.8) is 0 Å². The fourth-order valence-corrected chi connectivity index (χ4v) is 5.79. The summed E-state index contributed by atoms with van der Waals surface area (Å²) in [6.45, 7) is 0.822. The molecule has 0 atom stereocenters. The van der Waals surface area contributed by atoms with Crippen LogP contribution < -0.4 is 24.8 Å². The number of esters is 1. The number of anilines is 1. The van der Waals surface area contributed by atoms with E-state index in [1.807, 2.05) is 0 Å². The maximum absolute atomic E-state index is 13.3. The Hall–Kier alpha value is -3.84. The number of amides is 3. The minimum atomic E-state index is -3.92. The monoisotopic (exact) mass is 547 g/mol. The highest BCUT2D eigenvalue weighted by atomic mass is 32.2. The first-order chi connectivity index (χ1) is 18.3. The number of nitrogens with one attached hydrogen (secondary N) is 2. The number of benzene rings is 2. The average molecular weight is 548 g/mol. The highest BCUT2D eigenvalue weighted by Gasteiger charge is 2.29. The van der Waals surface area contributed by atoms with Crippen LogP contribution in [0, 0.1) is 0 Å². The number of rotatable bonds is 7. The van der Waals surface area contributed by atoms with Crippen molar-refractivity contribution < 1.29 is 41.7 Å². The van der Waals surface area contributed by atoms with E-state index in [9.17, 15) is 22.8 Å². The zero-order valence-electron chi connectivity index (χ0n) is 20.9. The Balaban J connectivity index is 1.35. The maximum Gasteiger partial charge on any atom is 0.338 e. The predicted octanol–water partition coefficient (Wildman–Crippen LogP) is 2.54. The first-order valence-corrected chi connectivity index (χ1v) is 13.6. The summed E-state index contributed by atoms with van der Waals surface area (Å²) in [5.41, 5.74) is 0.292. The molecule has 4 rings (SSSR count). The van der Waals surface area contributed by atoms with Crippen molar-refractivity contribution in [2.45, 2.75) is 30.6 Å². The zero-order valence-corrected chi connectivity index (χ0v) is 21.7. The van der Waals surface area contributed by atoms with E-state index in [2.05, 4.69) is 10.6 Å². The van der Waals surface area contributed by atoms with Crippen LogP contribution in [0.1, 0.15) is 36.0 Å². The molecule has 2 aliphatic rings. The first kappa shape index (κ1) is 27.2. The van der Waals surface area contributed by atoms with E-state index < -0.39 is 34.5 Å². The van der Waals surface area contributed by atoms with Crippen LogP contribution in [-0.2, 0) is 19.6 Å². The Bertz CT molecular complexity index is 1310. The molecule has 0 aliphatic carbocycles. The summed E-state index contributed by atoms with van der Waals surface area (Å²) in [5.74, 6) is -0.696. The van der Waals surface area contributed by atoms with E-state index >= 15 is 0 Å². The van der Waals surface area contributed by atoms with Crippen LogP contribution >= 0.6 is 0 Å². The summed E-state index contributed by atoms with van der Waals surface area (Å²) in [6, 6.07) is 7.81. The standard InChI is InChI=1S/C25H29N3O9S/c1-34-20-8-6-17(14-22(20)38(32,33)28-10-4-2-3-5-11-28)24(30)37-16-23(29)27-25(31)26-18-7-9-19-21(15-18)36-13-12-35-19/h6-9,14-15H,2-5,10-13,16H2,1H3,(H2,26,27,29,31). The Kier molecular flexibility index (Phi) is 8.69. The number of carbonyl (C=O) groups is 3. The number of ether oxygens (including phenoxy) is 4. The number of hydrogen-bond donors (Lipinski definition) is 2. The molecule has 3 amide bonds. The van der Waals surface area contributed by atoms with Crippen molar-refractivity contribution in [2.24, 2.45) is 0 Å². The van der Waals surface area contributed by atoms with Gasteiger partial charge in [0.1, 0.15) is 23.9 Å². The van der Waals surface area contributed by atoms with E-state index in [0.29, 0.717) is 43.5 Å². The van der Waals surface area contributed by atoms with Crippen LogP contribution in [0.4, 0.5) is 10.5 Å². The molecule has 0 bridgehead atoms. The molecule has 2 heterocycles.